The van der Waals surface area contributed by atoms with E-state index in [9.17, 15) is 0 Å². The van der Waals surface area contributed by atoms with Crippen LogP contribution >= 0.6 is 11.6 Å². The molecule has 1 N–H and O–H groups in total. The Morgan fingerprint density at radius 2 is 1.84 bits per heavy atom. The molecule has 0 aromatic heterocycles. The van der Waals surface area contributed by atoms with Gasteiger partial charge in [0, 0.05) is 11.1 Å². The Bertz CT molecular complexity index is 358. The first-order chi connectivity index (χ1) is 9.24. The smallest absolute Gasteiger partial charge is 0.119 e. The third-order valence-electron chi connectivity index (χ3n) is 3.85. The van der Waals surface area contributed by atoms with Crippen molar-refractivity contribution in [3.63, 3.8) is 0 Å². The molecule has 1 fully saturated rings. The molecule has 1 aromatic rings. The maximum Gasteiger partial charge on any atom is 0.119 e. The summed E-state index contributed by atoms with van der Waals surface area (Å²) in [5.41, 5.74) is 0. The van der Waals surface area contributed by atoms with E-state index >= 15 is 0 Å². The molecule has 0 heterocycles. The number of halogens is 1. The SMILES string of the molecule is C[C@H]1CC[C@H](NCCCOc2ccc(Cl)cc2)CC1. The predicted molar refractivity (Wildman–Crippen MR) is 81.0 cm³/mol. The van der Waals surface area contributed by atoms with Crippen molar-refractivity contribution in [2.24, 2.45) is 5.92 Å². The number of nitrogens with one attached hydrogen (secondary N) is 1. The maximum absolute atomic E-state index is 5.83. The number of benzene rings is 1. The lowest BCUT2D eigenvalue weighted by Gasteiger charge is -2.27. The molecule has 0 atom stereocenters. The van der Waals surface area contributed by atoms with Crippen molar-refractivity contribution in [3.05, 3.63) is 29.3 Å². The van der Waals surface area contributed by atoms with Gasteiger partial charge in [0.25, 0.3) is 0 Å². The van der Waals surface area contributed by atoms with E-state index in [0.29, 0.717) is 0 Å². The molecule has 0 saturated heterocycles. The number of ether oxygens (including phenoxy) is 1. The second kappa shape index (κ2) is 7.76. The van der Waals surface area contributed by atoms with Gasteiger partial charge in [0.1, 0.15) is 5.75 Å². The Labute approximate surface area is 121 Å². The summed E-state index contributed by atoms with van der Waals surface area (Å²) in [4.78, 5) is 0. The topological polar surface area (TPSA) is 21.3 Å². The molecule has 0 radical (unpaired) electrons. The zero-order chi connectivity index (χ0) is 13.5. The molecular weight excluding hydrogens is 258 g/mol. The van der Waals surface area contributed by atoms with Crippen LogP contribution in [-0.2, 0) is 0 Å². The molecule has 0 bridgehead atoms. The van der Waals surface area contributed by atoms with E-state index in [1.807, 2.05) is 24.3 Å². The van der Waals surface area contributed by atoms with Crippen molar-refractivity contribution in [2.45, 2.75) is 45.1 Å². The van der Waals surface area contributed by atoms with Crippen molar-refractivity contribution in [3.8, 4) is 5.75 Å². The van der Waals surface area contributed by atoms with Crippen LogP contribution in [-0.4, -0.2) is 19.2 Å². The summed E-state index contributed by atoms with van der Waals surface area (Å²) in [6.45, 7) is 4.17. The van der Waals surface area contributed by atoms with Crippen LogP contribution in [0.3, 0.4) is 0 Å². The molecule has 0 spiro atoms. The summed E-state index contributed by atoms with van der Waals surface area (Å²) in [5, 5.41) is 4.39. The summed E-state index contributed by atoms with van der Waals surface area (Å²) in [7, 11) is 0. The quantitative estimate of drug-likeness (QED) is 0.786. The lowest BCUT2D eigenvalue weighted by atomic mass is 9.87. The Morgan fingerprint density at radius 1 is 1.16 bits per heavy atom. The van der Waals surface area contributed by atoms with Gasteiger partial charge >= 0.3 is 0 Å². The Morgan fingerprint density at radius 3 is 2.53 bits per heavy atom. The van der Waals surface area contributed by atoms with Crippen LogP contribution in [0.4, 0.5) is 0 Å². The molecule has 0 amide bonds. The van der Waals surface area contributed by atoms with Crippen molar-refractivity contribution in [2.75, 3.05) is 13.2 Å². The molecule has 2 nitrogen and oxygen atoms in total. The third kappa shape index (κ3) is 5.42. The summed E-state index contributed by atoms with van der Waals surface area (Å²) < 4.78 is 5.67. The van der Waals surface area contributed by atoms with Crippen LogP contribution in [0, 0.1) is 5.92 Å². The van der Waals surface area contributed by atoms with Gasteiger partial charge < -0.3 is 10.1 Å². The Balaban J connectivity index is 1.53. The van der Waals surface area contributed by atoms with Gasteiger partial charge in [-0.25, -0.2) is 0 Å². The van der Waals surface area contributed by atoms with E-state index in [-0.39, 0.29) is 0 Å². The first-order valence-corrected chi connectivity index (χ1v) is 7.73. The molecule has 1 aliphatic rings. The van der Waals surface area contributed by atoms with Crippen LogP contribution in [0.2, 0.25) is 5.02 Å². The second-order valence-electron chi connectivity index (χ2n) is 5.57. The number of hydrogen-bond acceptors (Lipinski definition) is 2. The molecule has 3 heteroatoms. The standard InChI is InChI=1S/C16H24ClNO/c1-13-3-7-15(8-4-13)18-11-2-12-19-16-9-5-14(17)6-10-16/h5-6,9-10,13,15,18H,2-4,7-8,11-12H2,1H3/t13-,15-. The second-order valence-corrected chi connectivity index (χ2v) is 6.00. The minimum absolute atomic E-state index is 0.728. The van der Waals surface area contributed by atoms with E-state index in [1.54, 1.807) is 0 Å². The minimum atomic E-state index is 0.728. The highest BCUT2D eigenvalue weighted by Crippen LogP contribution is 2.23. The fourth-order valence-electron chi connectivity index (χ4n) is 2.56. The fraction of sp³-hybridized carbons (Fsp3) is 0.625. The first-order valence-electron chi connectivity index (χ1n) is 7.36. The van der Waals surface area contributed by atoms with Crippen molar-refractivity contribution in [1.29, 1.82) is 0 Å². The van der Waals surface area contributed by atoms with Gasteiger partial charge in [0.15, 0.2) is 0 Å². The van der Waals surface area contributed by atoms with Gasteiger partial charge in [-0.3, -0.25) is 0 Å². The molecule has 2 rings (SSSR count). The van der Waals surface area contributed by atoms with Gasteiger partial charge in [-0.2, -0.15) is 0 Å². The molecule has 0 aliphatic heterocycles. The largest absolute Gasteiger partial charge is 0.494 e. The highest BCUT2D eigenvalue weighted by molar-refractivity contribution is 6.30. The summed E-state index contributed by atoms with van der Waals surface area (Å²) in [5.74, 6) is 1.82. The van der Waals surface area contributed by atoms with Gasteiger partial charge in [-0.05, 0) is 68.8 Å². The molecule has 1 saturated carbocycles. The zero-order valence-electron chi connectivity index (χ0n) is 11.7. The summed E-state index contributed by atoms with van der Waals surface area (Å²) in [6.07, 6.45) is 6.46. The van der Waals surface area contributed by atoms with Crippen LogP contribution < -0.4 is 10.1 Å². The van der Waals surface area contributed by atoms with Gasteiger partial charge in [-0.1, -0.05) is 18.5 Å². The van der Waals surface area contributed by atoms with E-state index in [4.69, 9.17) is 16.3 Å². The highest BCUT2D eigenvalue weighted by Gasteiger charge is 2.16. The molecule has 0 unspecified atom stereocenters. The van der Waals surface area contributed by atoms with Gasteiger partial charge in [0.05, 0.1) is 6.61 Å². The van der Waals surface area contributed by atoms with Crippen molar-refractivity contribution in [1.82, 2.24) is 5.32 Å². The number of hydrogen-bond donors (Lipinski definition) is 1. The fourth-order valence-corrected chi connectivity index (χ4v) is 2.69. The zero-order valence-corrected chi connectivity index (χ0v) is 12.5. The lowest BCUT2D eigenvalue weighted by Crippen LogP contribution is -2.33. The molecule has 19 heavy (non-hydrogen) atoms. The molecule has 106 valence electrons. The molecular formula is C16H24ClNO. The van der Waals surface area contributed by atoms with E-state index in [0.717, 1.165) is 42.3 Å². The third-order valence-corrected chi connectivity index (χ3v) is 4.10. The predicted octanol–water partition coefficient (Wildman–Crippen LogP) is 4.28. The molecule has 1 aromatic carbocycles. The van der Waals surface area contributed by atoms with Gasteiger partial charge in [0.2, 0.25) is 0 Å². The monoisotopic (exact) mass is 281 g/mol. The summed E-state index contributed by atoms with van der Waals surface area (Å²) >= 11 is 5.83. The Kier molecular flexibility index (Phi) is 5.99. The average Bonchev–Trinajstić information content (AvgIpc) is 2.43. The maximum atomic E-state index is 5.83. The van der Waals surface area contributed by atoms with Gasteiger partial charge in [-0.15, -0.1) is 0 Å². The van der Waals surface area contributed by atoms with Crippen LogP contribution in [0.1, 0.15) is 39.0 Å². The van der Waals surface area contributed by atoms with Crippen LogP contribution in [0.25, 0.3) is 0 Å². The average molecular weight is 282 g/mol. The van der Waals surface area contributed by atoms with E-state index < -0.39 is 0 Å². The minimum Gasteiger partial charge on any atom is -0.494 e. The van der Waals surface area contributed by atoms with Crippen LogP contribution in [0.15, 0.2) is 24.3 Å². The Hall–Kier alpha value is -0.730. The first kappa shape index (κ1) is 14.7. The van der Waals surface area contributed by atoms with Crippen LogP contribution in [0.5, 0.6) is 5.75 Å². The highest BCUT2D eigenvalue weighted by atomic mass is 35.5. The van der Waals surface area contributed by atoms with Crippen molar-refractivity contribution < 1.29 is 4.74 Å². The summed E-state index contributed by atoms with van der Waals surface area (Å²) in [6, 6.07) is 8.28. The van der Waals surface area contributed by atoms with E-state index in [1.165, 1.54) is 25.7 Å². The normalized spacial score (nSPS) is 23.3. The number of rotatable bonds is 6. The van der Waals surface area contributed by atoms with E-state index in [2.05, 4.69) is 12.2 Å². The lowest BCUT2D eigenvalue weighted by molar-refractivity contribution is 0.281. The molecule has 1 aliphatic carbocycles. The van der Waals surface area contributed by atoms with Crippen molar-refractivity contribution >= 4 is 11.6 Å².